The molecule has 3 N–H and O–H groups in total. The quantitative estimate of drug-likeness (QED) is 0.741. The van der Waals surface area contributed by atoms with Gasteiger partial charge in [-0.3, -0.25) is 0 Å². The lowest BCUT2D eigenvalue weighted by Crippen LogP contribution is -2.34. The van der Waals surface area contributed by atoms with E-state index in [4.69, 9.17) is 10.5 Å². The van der Waals surface area contributed by atoms with Crippen molar-refractivity contribution in [2.45, 2.75) is 25.5 Å². The number of ether oxygens (including phenoxy) is 1. The van der Waals surface area contributed by atoms with Gasteiger partial charge < -0.3 is 20.5 Å². The summed E-state index contributed by atoms with van der Waals surface area (Å²) in [6.07, 6.45) is 2.23. The number of nitrogens with zero attached hydrogens (tertiary/aromatic N) is 1. The van der Waals surface area contributed by atoms with Crippen molar-refractivity contribution in [2.24, 2.45) is 11.7 Å². The van der Waals surface area contributed by atoms with E-state index in [1.165, 1.54) is 12.8 Å². The second-order valence-corrected chi connectivity index (χ2v) is 5.48. The first-order valence-electron chi connectivity index (χ1n) is 6.96. The number of aliphatic hydroxyl groups is 1. The van der Waals surface area contributed by atoms with Crippen LogP contribution in [0.1, 0.15) is 18.4 Å². The molecule has 106 valence electrons. The number of hydrogen-bond donors (Lipinski definition) is 2. The lowest BCUT2D eigenvalue weighted by molar-refractivity contribution is 0.0751. The Morgan fingerprint density at radius 1 is 1.37 bits per heavy atom. The summed E-state index contributed by atoms with van der Waals surface area (Å²) in [5.74, 6) is 1.63. The van der Waals surface area contributed by atoms with E-state index < -0.39 is 6.10 Å². The van der Waals surface area contributed by atoms with Gasteiger partial charge in [0, 0.05) is 19.6 Å². The fourth-order valence-corrected chi connectivity index (χ4v) is 2.14. The third-order valence-electron chi connectivity index (χ3n) is 3.39. The fourth-order valence-electron chi connectivity index (χ4n) is 2.14. The van der Waals surface area contributed by atoms with Crippen LogP contribution in [-0.4, -0.2) is 42.9 Å². The standard InChI is InChI=1S/C15H24N2O2/c1-17(9-13-2-3-13)10-14(18)11-19-15-6-4-12(8-16)5-7-15/h4-7,13-14,18H,2-3,8-11,16H2,1H3. The average molecular weight is 264 g/mol. The Morgan fingerprint density at radius 2 is 2.05 bits per heavy atom. The fraction of sp³-hybridized carbons (Fsp3) is 0.600. The highest BCUT2D eigenvalue weighted by Crippen LogP contribution is 2.29. The molecule has 0 bridgehead atoms. The highest BCUT2D eigenvalue weighted by Gasteiger charge is 2.23. The van der Waals surface area contributed by atoms with E-state index in [1.807, 2.05) is 24.3 Å². The van der Waals surface area contributed by atoms with Crippen molar-refractivity contribution in [1.82, 2.24) is 4.90 Å². The van der Waals surface area contributed by atoms with Crippen molar-refractivity contribution in [2.75, 3.05) is 26.7 Å². The first-order chi connectivity index (χ1) is 9.17. The first-order valence-corrected chi connectivity index (χ1v) is 6.96. The Balaban J connectivity index is 1.67. The molecule has 1 aromatic rings. The molecule has 0 amide bonds. The van der Waals surface area contributed by atoms with Crippen molar-refractivity contribution in [1.29, 1.82) is 0 Å². The van der Waals surface area contributed by atoms with E-state index in [2.05, 4.69) is 11.9 Å². The van der Waals surface area contributed by atoms with Gasteiger partial charge in [0.25, 0.3) is 0 Å². The molecule has 1 aliphatic carbocycles. The van der Waals surface area contributed by atoms with Crippen LogP contribution in [0.3, 0.4) is 0 Å². The number of hydrogen-bond acceptors (Lipinski definition) is 4. The Hall–Kier alpha value is -1.10. The molecule has 0 spiro atoms. The minimum atomic E-state index is -0.446. The second-order valence-electron chi connectivity index (χ2n) is 5.48. The monoisotopic (exact) mass is 264 g/mol. The third-order valence-corrected chi connectivity index (χ3v) is 3.39. The third kappa shape index (κ3) is 5.19. The summed E-state index contributed by atoms with van der Waals surface area (Å²) in [7, 11) is 2.05. The van der Waals surface area contributed by atoms with Crippen LogP contribution in [0, 0.1) is 5.92 Å². The average Bonchev–Trinajstić information content (AvgIpc) is 3.20. The molecule has 4 nitrogen and oxygen atoms in total. The molecular weight excluding hydrogens is 240 g/mol. The summed E-state index contributed by atoms with van der Waals surface area (Å²) in [5.41, 5.74) is 6.62. The summed E-state index contributed by atoms with van der Waals surface area (Å²) in [6.45, 7) is 2.62. The van der Waals surface area contributed by atoms with Crippen LogP contribution in [0.5, 0.6) is 5.75 Å². The SMILES string of the molecule is CN(CC(O)COc1ccc(CN)cc1)CC1CC1. The lowest BCUT2D eigenvalue weighted by atomic mass is 10.2. The molecule has 1 fully saturated rings. The van der Waals surface area contributed by atoms with E-state index in [0.717, 1.165) is 23.8 Å². The molecule has 0 heterocycles. The van der Waals surface area contributed by atoms with Crippen molar-refractivity contribution in [3.63, 3.8) is 0 Å². The van der Waals surface area contributed by atoms with Crippen molar-refractivity contribution >= 4 is 0 Å². The lowest BCUT2D eigenvalue weighted by Gasteiger charge is -2.20. The van der Waals surface area contributed by atoms with Crippen LogP contribution in [-0.2, 0) is 6.54 Å². The molecule has 0 saturated heterocycles. The van der Waals surface area contributed by atoms with Crippen LogP contribution < -0.4 is 10.5 Å². The Kier molecular flexibility index (Phi) is 5.19. The van der Waals surface area contributed by atoms with Gasteiger partial charge in [-0.05, 0) is 43.5 Å². The molecule has 1 unspecified atom stereocenters. The van der Waals surface area contributed by atoms with Gasteiger partial charge in [-0.1, -0.05) is 12.1 Å². The highest BCUT2D eigenvalue weighted by molar-refractivity contribution is 5.27. The molecule has 0 radical (unpaired) electrons. The molecule has 0 aliphatic heterocycles. The number of nitrogens with two attached hydrogens (primary N) is 1. The first kappa shape index (κ1) is 14.3. The number of benzene rings is 1. The topological polar surface area (TPSA) is 58.7 Å². The normalized spacial score (nSPS) is 16.6. The Morgan fingerprint density at radius 3 is 2.63 bits per heavy atom. The molecule has 19 heavy (non-hydrogen) atoms. The zero-order valence-corrected chi connectivity index (χ0v) is 11.6. The maximum Gasteiger partial charge on any atom is 0.119 e. The number of likely N-dealkylation sites (N-methyl/N-ethyl adjacent to an activating group) is 1. The largest absolute Gasteiger partial charge is 0.491 e. The van der Waals surface area contributed by atoms with Gasteiger partial charge in [-0.15, -0.1) is 0 Å². The van der Waals surface area contributed by atoms with Crippen LogP contribution >= 0.6 is 0 Å². The Bertz CT molecular complexity index is 376. The van der Waals surface area contributed by atoms with Gasteiger partial charge in [0.1, 0.15) is 18.5 Å². The summed E-state index contributed by atoms with van der Waals surface area (Å²) < 4.78 is 5.57. The molecule has 1 saturated carbocycles. The highest BCUT2D eigenvalue weighted by atomic mass is 16.5. The van der Waals surface area contributed by atoms with E-state index in [9.17, 15) is 5.11 Å². The van der Waals surface area contributed by atoms with Gasteiger partial charge >= 0.3 is 0 Å². The molecule has 1 aromatic carbocycles. The molecule has 1 aliphatic rings. The molecular formula is C15H24N2O2. The van der Waals surface area contributed by atoms with Crippen LogP contribution in [0.15, 0.2) is 24.3 Å². The zero-order valence-electron chi connectivity index (χ0n) is 11.6. The molecule has 1 atom stereocenters. The van der Waals surface area contributed by atoms with Gasteiger partial charge in [0.05, 0.1) is 0 Å². The number of rotatable bonds is 8. The maximum absolute atomic E-state index is 9.93. The predicted octanol–water partition coefficient (Wildman–Crippen LogP) is 1.23. The molecule has 4 heteroatoms. The van der Waals surface area contributed by atoms with Crippen molar-refractivity contribution in [3.8, 4) is 5.75 Å². The van der Waals surface area contributed by atoms with Crippen LogP contribution in [0.25, 0.3) is 0 Å². The smallest absolute Gasteiger partial charge is 0.119 e. The van der Waals surface area contributed by atoms with E-state index in [0.29, 0.717) is 19.7 Å². The summed E-state index contributed by atoms with van der Waals surface area (Å²) >= 11 is 0. The van der Waals surface area contributed by atoms with Gasteiger partial charge in [-0.2, -0.15) is 0 Å². The summed E-state index contributed by atoms with van der Waals surface area (Å²) in [4.78, 5) is 2.18. The van der Waals surface area contributed by atoms with Gasteiger partial charge in [0.2, 0.25) is 0 Å². The maximum atomic E-state index is 9.93. The van der Waals surface area contributed by atoms with Crippen molar-refractivity contribution in [3.05, 3.63) is 29.8 Å². The molecule has 2 rings (SSSR count). The van der Waals surface area contributed by atoms with E-state index in [-0.39, 0.29) is 0 Å². The van der Waals surface area contributed by atoms with Gasteiger partial charge in [-0.25, -0.2) is 0 Å². The van der Waals surface area contributed by atoms with E-state index >= 15 is 0 Å². The van der Waals surface area contributed by atoms with Crippen LogP contribution in [0.4, 0.5) is 0 Å². The van der Waals surface area contributed by atoms with Crippen LogP contribution in [0.2, 0.25) is 0 Å². The van der Waals surface area contributed by atoms with Crippen molar-refractivity contribution < 1.29 is 9.84 Å². The minimum Gasteiger partial charge on any atom is -0.491 e. The summed E-state index contributed by atoms with van der Waals surface area (Å²) in [5, 5.41) is 9.93. The number of aliphatic hydroxyl groups excluding tert-OH is 1. The van der Waals surface area contributed by atoms with E-state index in [1.54, 1.807) is 0 Å². The Labute approximate surface area is 115 Å². The van der Waals surface area contributed by atoms with Gasteiger partial charge in [0.15, 0.2) is 0 Å². The zero-order chi connectivity index (χ0) is 13.7. The minimum absolute atomic E-state index is 0.330. The molecule has 0 aromatic heterocycles. The predicted molar refractivity (Wildman–Crippen MR) is 76.1 cm³/mol. The summed E-state index contributed by atoms with van der Waals surface area (Å²) in [6, 6.07) is 7.67. The second kappa shape index (κ2) is 6.89.